The van der Waals surface area contributed by atoms with E-state index >= 15 is 0 Å². The van der Waals surface area contributed by atoms with Gasteiger partial charge in [-0.1, -0.05) is 12.1 Å². The Kier molecular flexibility index (Phi) is 5.90. The zero-order valence-electron chi connectivity index (χ0n) is 13.0. The molecule has 21 heavy (non-hydrogen) atoms. The number of Topliss-reactive ketones (excluding diaryl/α,β-unsaturated/α-hetero) is 1. The summed E-state index contributed by atoms with van der Waals surface area (Å²) in [5.74, 6) is -0.382. The summed E-state index contributed by atoms with van der Waals surface area (Å²) in [5, 5.41) is 8.95. The van der Waals surface area contributed by atoms with Crippen LogP contribution in [0.3, 0.4) is 0 Å². The molecule has 0 aromatic heterocycles. The van der Waals surface area contributed by atoms with E-state index < -0.39 is 5.97 Å². The lowest BCUT2D eigenvalue weighted by Gasteiger charge is -2.34. The molecule has 0 aliphatic rings. The van der Waals surface area contributed by atoms with Crippen LogP contribution in [0.1, 0.15) is 38.1 Å². The van der Waals surface area contributed by atoms with Crippen molar-refractivity contribution in [3.63, 3.8) is 0 Å². The number of ether oxygens (including phenoxy) is 1. The van der Waals surface area contributed by atoms with E-state index in [1.165, 1.54) is 6.92 Å². The van der Waals surface area contributed by atoms with Gasteiger partial charge in [0.25, 0.3) is 0 Å². The lowest BCUT2D eigenvalue weighted by Crippen LogP contribution is -2.46. The van der Waals surface area contributed by atoms with Crippen molar-refractivity contribution in [2.45, 2.75) is 33.2 Å². The van der Waals surface area contributed by atoms with Gasteiger partial charge in [-0.05, 0) is 39.8 Å². The lowest BCUT2D eigenvalue weighted by atomic mass is 10.1. The zero-order valence-corrected chi connectivity index (χ0v) is 13.0. The molecule has 0 aliphatic heterocycles. The highest BCUT2D eigenvalue weighted by molar-refractivity contribution is 5.96. The molecule has 0 heterocycles. The molecular formula is C16H23NO4. The maximum absolute atomic E-state index is 11.5. The van der Waals surface area contributed by atoms with Gasteiger partial charge >= 0.3 is 5.97 Å². The number of carbonyl (C=O) groups is 2. The smallest absolute Gasteiger partial charge is 0.317 e. The van der Waals surface area contributed by atoms with Crippen LogP contribution in [0.25, 0.3) is 0 Å². The third kappa shape index (κ3) is 5.55. The van der Waals surface area contributed by atoms with Crippen LogP contribution < -0.4 is 4.74 Å². The SMILES string of the molecule is CC(=O)c1ccccc1OCCN(CC(=O)O)C(C)(C)C. The first-order valence-electron chi connectivity index (χ1n) is 6.91. The zero-order chi connectivity index (χ0) is 16.0. The summed E-state index contributed by atoms with van der Waals surface area (Å²) in [6.07, 6.45) is 0. The predicted octanol–water partition coefficient (Wildman–Crippen LogP) is 2.45. The summed E-state index contributed by atoms with van der Waals surface area (Å²) in [6.45, 7) is 8.13. The maximum Gasteiger partial charge on any atom is 0.317 e. The van der Waals surface area contributed by atoms with Gasteiger partial charge in [-0.25, -0.2) is 0 Å². The molecule has 0 saturated heterocycles. The minimum absolute atomic E-state index is 0.0405. The van der Waals surface area contributed by atoms with Crippen molar-refractivity contribution in [3.8, 4) is 5.75 Å². The van der Waals surface area contributed by atoms with Gasteiger partial charge in [0, 0.05) is 12.1 Å². The summed E-state index contributed by atoms with van der Waals surface area (Å²) in [6, 6.07) is 7.06. The van der Waals surface area contributed by atoms with Crippen molar-refractivity contribution < 1.29 is 19.4 Å². The summed E-state index contributed by atoms with van der Waals surface area (Å²) < 4.78 is 5.65. The Labute approximate surface area is 125 Å². The Balaban J connectivity index is 2.66. The highest BCUT2D eigenvalue weighted by Gasteiger charge is 2.23. The average molecular weight is 293 g/mol. The van der Waals surface area contributed by atoms with E-state index in [4.69, 9.17) is 9.84 Å². The fraction of sp³-hybridized carbons (Fsp3) is 0.500. The van der Waals surface area contributed by atoms with E-state index in [0.717, 1.165) is 0 Å². The monoisotopic (exact) mass is 293 g/mol. The van der Waals surface area contributed by atoms with E-state index in [9.17, 15) is 9.59 Å². The number of carbonyl (C=O) groups excluding carboxylic acids is 1. The van der Waals surface area contributed by atoms with Gasteiger partial charge in [-0.3, -0.25) is 14.5 Å². The van der Waals surface area contributed by atoms with Crippen LogP contribution >= 0.6 is 0 Å². The topological polar surface area (TPSA) is 66.8 Å². The minimum Gasteiger partial charge on any atom is -0.491 e. The number of aliphatic carboxylic acids is 1. The lowest BCUT2D eigenvalue weighted by molar-refractivity contribution is -0.139. The number of rotatable bonds is 7. The number of carboxylic acid groups (broad SMARTS) is 1. The Morgan fingerprint density at radius 1 is 1.24 bits per heavy atom. The summed E-state index contributed by atoms with van der Waals surface area (Å²) in [7, 11) is 0. The molecule has 1 N–H and O–H groups in total. The molecule has 0 radical (unpaired) electrons. The van der Waals surface area contributed by atoms with Crippen molar-refractivity contribution in [1.29, 1.82) is 0 Å². The first-order valence-corrected chi connectivity index (χ1v) is 6.91. The maximum atomic E-state index is 11.5. The number of hydrogen-bond acceptors (Lipinski definition) is 4. The molecule has 0 saturated carbocycles. The quantitative estimate of drug-likeness (QED) is 0.782. The van der Waals surface area contributed by atoms with Gasteiger partial charge in [0.15, 0.2) is 5.78 Å². The number of nitrogens with zero attached hydrogens (tertiary/aromatic N) is 1. The second-order valence-corrected chi connectivity index (χ2v) is 5.89. The largest absolute Gasteiger partial charge is 0.491 e. The number of hydrogen-bond donors (Lipinski definition) is 1. The van der Waals surface area contributed by atoms with Crippen molar-refractivity contribution >= 4 is 11.8 Å². The van der Waals surface area contributed by atoms with Crippen molar-refractivity contribution in [3.05, 3.63) is 29.8 Å². The Hall–Kier alpha value is -1.88. The fourth-order valence-corrected chi connectivity index (χ4v) is 1.96. The van der Waals surface area contributed by atoms with Gasteiger partial charge < -0.3 is 9.84 Å². The van der Waals surface area contributed by atoms with Gasteiger partial charge in [-0.2, -0.15) is 0 Å². The Bertz CT molecular complexity index is 505. The molecule has 0 amide bonds. The van der Waals surface area contributed by atoms with Crippen LogP contribution in [0, 0.1) is 0 Å². The van der Waals surface area contributed by atoms with Crippen LogP contribution in [0.4, 0.5) is 0 Å². The van der Waals surface area contributed by atoms with Crippen molar-refractivity contribution in [2.24, 2.45) is 0 Å². The van der Waals surface area contributed by atoms with Crippen LogP contribution in [0.2, 0.25) is 0 Å². The molecule has 1 rings (SSSR count). The Morgan fingerprint density at radius 3 is 2.38 bits per heavy atom. The molecule has 5 heteroatoms. The molecule has 1 aromatic rings. The average Bonchev–Trinajstić information content (AvgIpc) is 2.36. The molecule has 0 atom stereocenters. The molecule has 116 valence electrons. The first-order chi connectivity index (χ1) is 9.71. The second-order valence-electron chi connectivity index (χ2n) is 5.89. The molecule has 0 aliphatic carbocycles. The molecule has 0 spiro atoms. The third-order valence-corrected chi connectivity index (χ3v) is 3.16. The molecule has 0 unspecified atom stereocenters. The molecule has 1 aromatic carbocycles. The third-order valence-electron chi connectivity index (χ3n) is 3.16. The normalized spacial score (nSPS) is 11.5. The van der Waals surface area contributed by atoms with Crippen LogP contribution in [0.5, 0.6) is 5.75 Å². The highest BCUT2D eigenvalue weighted by atomic mass is 16.5. The van der Waals surface area contributed by atoms with Gasteiger partial charge in [-0.15, -0.1) is 0 Å². The molecular weight excluding hydrogens is 270 g/mol. The Morgan fingerprint density at radius 2 is 1.86 bits per heavy atom. The summed E-state index contributed by atoms with van der Waals surface area (Å²) in [5.41, 5.74) is 0.278. The molecule has 0 fully saturated rings. The van der Waals surface area contributed by atoms with Crippen molar-refractivity contribution in [1.82, 2.24) is 4.90 Å². The standard InChI is InChI=1S/C16H23NO4/c1-12(18)13-7-5-6-8-14(13)21-10-9-17(11-15(19)20)16(2,3)4/h5-8H,9-11H2,1-4H3,(H,19,20). The van der Waals surface area contributed by atoms with Crippen LogP contribution in [0.15, 0.2) is 24.3 Å². The molecule has 5 nitrogen and oxygen atoms in total. The predicted molar refractivity (Wildman–Crippen MR) is 80.9 cm³/mol. The van der Waals surface area contributed by atoms with E-state index in [-0.39, 0.29) is 17.9 Å². The summed E-state index contributed by atoms with van der Waals surface area (Å²) in [4.78, 5) is 24.2. The first kappa shape index (κ1) is 17.2. The number of carboxylic acids is 1. The van der Waals surface area contributed by atoms with E-state index in [1.54, 1.807) is 24.3 Å². The fourth-order valence-electron chi connectivity index (χ4n) is 1.96. The number of para-hydroxylation sites is 1. The van der Waals surface area contributed by atoms with Crippen LogP contribution in [-0.2, 0) is 4.79 Å². The number of ketones is 1. The van der Waals surface area contributed by atoms with Gasteiger partial charge in [0.05, 0.1) is 12.1 Å². The molecule has 0 bridgehead atoms. The summed E-state index contributed by atoms with van der Waals surface area (Å²) >= 11 is 0. The second kappa shape index (κ2) is 7.22. The van der Waals surface area contributed by atoms with E-state index in [1.807, 2.05) is 25.7 Å². The van der Waals surface area contributed by atoms with Crippen LogP contribution in [-0.4, -0.2) is 47.0 Å². The number of benzene rings is 1. The van der Waals surface area contributed by atoms with E-state index in [2.05, 4.69) is 0 Å². The minimum atomic E-state index is -0.867. The van der Waals surface area contributed by atoms with Gasteiger partial charge in [0.1, 0.15) is 12.4 Å². The van der Waals surface area contributed by atoms with Crippen molar-refractivity contribution in [2.75, 3.05) is 19.7 Å². The van der Waals surface area contributed by atoms with Gasteiger partial charge in [0.2, 0.25) is 0 Å². The van der Waals surface area contributed by atoms with E-state index in [0.29, 0.717) is 24.5 Å². The highest BCUT2D eigenvalue weighted by Crippen LogP contribution is 2.19.